The Morgan fingerprint density at radius 3 is 2.83 bits per heavy atom. The van der Waals surface area contributed by atoms with Crippen LogP contribution in [0, 0.1) is 0 Å². The molecule has 1 rings (SSSR count). The number of nitrogens with zero attached hydrogens (tertiary/aromatic N) is 1. The second-order valence-electron chi connectivity index (χ2n) is 3.53. The Bertz CT molecular complexity index is 119. The molecule has 0 aromatic carbocycles. The molecule has 1 heterocycles. The summed E-state index contributed by atoms with van der Waals surface area (Å²) < 4.78 is 0. The summed E-state index contributed by atoms with van der Waals surface area (Å²) in [6.07, 6.45) is 0. The Hall–Kier alpha value is 0.170. The molecule has 1 saturated heterocycles. The van der Waals surface area contributed by atoms with Gasteiger partial charge in [-0.25, -0.2) is 0 Å². The third kappa shape index (κ3) is 3.72. The average Bonchev–Trinajstić information content (AvgIpc) is 1.93. The van der Waals surface area contributed by atoms with E-state index in [2.05, 4.69) is 24.1 Å². The number of hydrogen-bond donors (Lipinski definition) is 2. The van der Waals surface area contributed by atoms with Gasteiger partial charge in [0.15, 0.2) is 0 Å². The Kier molecular flexibility index (Phi) is 5.84. The van der Waals surface area contributed by atoms with Crippen molar-refractivity contribution < 1.29 is 0 Å². The second kappa shape index (κ2) is 5.75. The number of halogens is 1. The van der Waals surface area contributed by atoms with Crippen LogP contribution in [0.1, 0.15) is 13.8 Å². The highest BCUT2D eigenvalue weighted by Crippen LogP contribution is 2.01. The predicted molar refractivity (Wildman–Crippen MR) is 54.8 cm³/mol. The van der Waals surface area contributed by atoms with Crippen LogP contribution in [-0.4, -0.2) is 43.2 Å². The highest BCUT2D eigenvalue weighted by molar-refractivity contribution is 5.85. The molecule has 0 amide bonds. The summed E-state index contributed by atoms with van der Waals surface area (Å²) in [5.74, 6) is 0. The van der Waals surface area contributed by atoms with Crippen molar-refractivity contribution in [3.63, 3.8) is 0 Å². The summed E-state index contributed by atoms with van der Waals surface area (Å²) in [5.41, 5.74) is 5.72. The van der Waals surface area contributed by atoms with Gasteiger partial charge in [-0.15, -0.1) is 12.4 Å². The topological polar surface area (TPSA) is 41.3 Å². The minimum Gasteiger partial charge on any atom is -0.327 e. The first kappa shape index (κ1) is 12.2. The summed E-state index contributed by atoms with van der Waals surface area (Å²) >= 11 is 0. The lowest BCUT2D eigenvalue weighted by molar-refractivity contribution is 0.166. The zero-order chi connectivity index (χ0) is 8.27. The maximum Gasteiger partial charge on any atom is 0.0193 e. The summed E-state index contributed by atoms with van der Waals surface area (Å²) in [6, 6.07) is 0.949. The van der Waals surface area contributed by atoms with Gasteiger partial charge in [0.1, 0.15) is 0 Å². The van der Waals surface area contributed by atoms with Crippen LogP contribution in [0.4, 0.5) is 0 Å². The number of nitrogens with two attached hydrogens (primary N) is 1. The summed E-state index contributed by atoms with van der Waals surface area (Å²) in [7, 11) is 0. The molecule has 1 aliphatic heterocycles. The van der Waals surface area contributed by atoms with Crippen LogP contribution in [0.3, 0.4) is 0 Å². The fourth-order valence-electron chi connectivity index (χ4n) is 1.52. The number of hydrogen-bond acceptors (Lipinski definition) is 3. The van der Waals surface area contributed by atoms with E-state index in [0.29, 0.717) is 12.1 Å². The van der Waals surface area contributed by atoms with Crippen LogP contribution >= 0.6 is 12.4 Å². The maximum atomic E-state index is 5.72. The van der Waals surface area contributed by atoms with Crippen molar-refractivity contribution in [1.29, 1.82) is 0 Å². The van der Waals surface area contributed by atoms with Crippen molar-refractivity contribution in [3.8, 4) is 0 Å². The van der Waals surface area contributed by atoms with Crippen LogP contribution in [0.15, 0.2) is 0 Å². The first-order chi connectivity index (χ1) is 5.20. The lowest BCUT2D eigenvalue weighted by Crippen LogP contribution is -2.52. The minimum absolute atomic E-state index is 0. The molecule has 12 heavy (non-hydrogen) atoms. The quantitative estimate of drug-likeness (QED) is 0.652. The zero-order valence-corrected chi connectivity index (χ0v) is 8.73. The van der Waals surface area contributed by atoms with Gasteiger partial charge >= 0.3 is 0 Å². The highest BCUT2D eigenvalue weighted by atomic mass is 35.5. The van der Waals surface area contributed by atoms with E-state index in [0.717, 1.165) is 26.2 Å². The molecule has 1 fully saturated rings. The Labute approximate surface area is 81.1 Å². The monoisotopic (exact) mass is 193 g/mol. The molecule has 3 nitrogen and oxygen atoms in total. The molecule has 0 saturated carbocycles. The van der Waals surface area contributed by atoms with Crippen molar-refractivity contribution in [2.45, 2.75) is 25.9 Å². The molecule has 2 atom stereocenters. The SMILES string of the molecule is CC(N)CN1CCNCC1C.Cl. The van der Waals surface area contributed by atoms with E-state index in [1.807, 2.05) is 0 Å². The molecule has 0 aliphatic carbocycles. The number of rotatable bonds is 2. The Morgan fingerprint density at radius 2 is 2.33 bits per heavy atom. The van der Waals surface area contributed by atoms with Crippen molar-refractivity contribution >= 4 is 12.4 Å². The molecule has 0 aromatic heterocycles. The van der Waals surface area contributed by atoms with Crippen molar-refractivity contribution in [3.05, 3.63) is 0 Å². The third-order valence-corrected chi connectivity index (χ3v) is 2.16. The fraction of sp³-hybridized carbons (Fsp3) is 1.00. The van der Waals surface area contributed by atoms with Gasteiger partial charge in [0.05, 0.1) is 0 Å². The zero-order valence-electron chi connectivity index (χ0n) is 7.92. The van der Waals surface area contributed by atoms with E-state index in [-0.39, 0.29) is 12.4 Å². The Morgan fingerprint density at radius 1 is 1.67 bits per heavy atom. The van der Waals surface area contributed by atoms with E-state index >= 15 is 0 Å². The smallest absolute Gasteiger partial charge is 0.0193 e. The largest absolute Gasteiger partial charge is 0.327 e. The van der Waals surface area contributed by atoms with Gasteiger partial charge in [-0.05, 0) is 13.8 Å². The number of nitrogens with one attached hydrogen (secondary N) is 1. The second-order valence-corrected chi connectivity index (χ2v) is 3.53. The van der Waals surface area contributed by atoms with Crippen molar-refractivity contribution in [1.82, 2.24) is 10.2 Å². The third-order valence-electron chi connectivity index (χ3n) is 2.16. The van der Waals surface area contributed by atoms with E-state index < -0.39 is 0 Å². The summed E-state index contributed by atoms with van der Waals surface area (Å²) in [6.45, 7) is 8.69. The molecule has 0 radical (unpaired) electrons. The Balaban J connectivity index is 0.00000121. The maximum absolute atomic E-state index is 5.72. The molecule has 3 N–H and O–H groups in total. The van der Waals surface area contributed by atoms with Crippen LogP contribution in [0.5, 0.6) is 0 Å². The van der Waals surface area contributed by atoms with Gasteiger partial charge < -0.3 is 11.1 Å². The molecule has 0 spiro atoms. The van der Waals surface area contributed by atoms with Crippen LogP contribution in [0.2, 0.25) is 0 Å². The molecule has 2 unspecified atom stereocenters. The van der Waals surface area contributed by atoms with Gasteiger partial charge in [0.2, 0.25) is 0 Å². The van der Waals surface area contributed by atoms with E-state index in [9.17, 15) is 0 Å². The van der Waals surface area contributed by atoms with Gasteiger partial charge in [-0.1, -0.05) is 0 Å². The average molecular weight is 194 g/mol. The normalized spacial score (nSPS) is 27.8. The summed E-state index contributed by atoms with van der Waals surface area (Å²) in [5, 5.41) is 3.36. The first-order valence-electron chi connectivity index (χ1n) is 4.40. The molecule has 74 valence electrons. The molecule has 0 aromatic rings. The van der Waals surface area contributed by atoms with E-state index in [4.69, 9.17) is 5.73 Å². The van der Waals surface area contributed by atoms with E-state index in [1.165, 1.54) is 0 Å². The van der Waals surface area contributed by atoms with Crippen LogP contribution in [0.25, 0.3) is 0 Å². The van der Waals surface area contributed by atoms with Gasteiger partial charge in [0.25, 0.3) is 0 Å². The van der Waals surface area contributed by atoms with Crippen molar-refractivity contribution in [2.75, 3.05) is 26.2 Å². The lowest BCUT2D eigenvalue weighted by atomic mass is 10.2. The predicted octanol–water partition coefficient (Wildman–Crippen LogP) is 0.0491. The fourth-order valence-corrected chi connectivity index (χ4v) is 1.52. The first-order valence-corrected chi connectivity index (χ1v) is 4.40. The standard InChI is InChI=1S/C8H19N3.ClH/c1-7(9)6-11-4-3-10-5-8(11)2;/h7-8,10H,3-6,9H2,1-2H3;1H. The molecular weight excluding hydrogens is 174 g/mol. The van der Waals surface area contributed by atoms with Crippen LogP contribution in [-0.2, 0) is 0 Å². The molecule has 0 bridgehead atoms. The summed E-state index contributed by atoms with van der Waals surface area (Å²) in [4.78, 5) is 2.45. The van der Waals surface area contributed by atoms with Gasteiger partial charge in [0, 0.05) is 38.3 Å². The van der Waals surface area contributed by atoms with Gasteiger partial charge in [-0.2, -0.15) is 0 Å². The molecule has 1 aliphatic rings. The minimum atomic E-state index is 0. The van der Waals surface area contributed by atoms with Crippen LogP contribution < -0.4 is 11.1 Å². The lowest BCUT2D eigenvalue weighted by Gasteiger charge is -2.34. The van der Waals surface area contributed by atoms with E-state index in [1.54, 1.807) is 0 Å². The molecular formula is C8H20ClN3. The highest BCUT2D eigenvalue weighted by Gasteiger charge is 2.17. The number of piperazine rings is 1. The van der Waals surface area contributed by atoms with Gasteiger partial charge in [-0.3, -0.25) is 4.90 Å². The van der Waals surface area contributed by atoms with Crippen molar-refractivity contribution in [2.24, 2.45) is 5.73 Å². The molecule has 4 heteroatoms.